The van der Waals surface area contributed by atoms with Gasteiger partial charge in [-0.2, -0.15) is 0 Å². The van der Waals surface area contributed by atoms with Gasteiger partial charge in [-0.25, -0.2) is 9.59 Å². The number of rotatable bonds is 7. The molecule has 2 unspecified atom stereocenters. The van der Waals surface area contributed by atoms with Gasteiger partial charge in [-0.3, -0.25) is 0 Å². The van der Waals surface area contributed by atoms with Gasteiger partial charge in [-0.1, -0.05) is 30.3 Å². The van der Waals surface area contributed by atoms with Crippen LogP contribution in [-0.4, -0.2) is 28.8 Å². The number of ether oxygens (including phenoxy) is 1. The van der Waals surface area contributed by atoms with Crippen LogP contribution in [0.1, 0.15) is 56.1 Å². The maximum atomic E-state index is 11.2. The van der Waals surface area contributed by atoms with Gasteiger partial charge in [-0.05, 0) is 103 Å². The predicted molar refractivity (Wildman–Crippen MR) is 126 cm³/mol. The first-order valence-corrected chi connectivity index (χ1v) is 11.9. The average molecular weight is 447 g/mol. The van der Waals surface area contributed by atoms with E-state index >= 15 is 0 Å². The number of hydrogen-bond acceptors (Lipinski definition) is 3. The largest absolute Gasteiger partial charge is 0.482 e. The summed E-state index contributed by atoms with van der Waals surface area (Å²) in [5, 5.41) is 18.1. The number of benzene rings is 2. The molecule has 0 heterocycles. The van der Waals surface area contributed by atoms with E-state index < -0.39 is 11.9 Å². The average Bonchev–Trinajstić information content (AvgIpc) is 3.00. The quantitative estimate of drug-likeness (QED) is 0.527. The minimum Gasteiger partial charge on any atom is -0.482 e. The fourth-order valence-electron chi connectivity index (χ4n) is 6.84. The molecule has 0 aromatic heterocycles. The van der Waals surface area contributed by atoms with Crippen LogP contribution in [-0.2, 0) is 15.0 Å². The highest BCUT2D eigenvalue weighted by Gasteiger charge is 2.49. The zero-order valence-corrected chi connectivity index (χ0v) is 18.7. The Hall–Kier alpha value is -3.08. The smallest absolute Gasteiger partial charge is 0.341 e. The van der Waals surface area contributed by atoms with E-state index in [4.69, 9.17) is 9.84 Å². The summed E-state index contributed by atoms with van der Waals surface area (Å²) in [6.45, 7) is -0.331. The third-order valence-corrected chi connectivity index (χ3v) is 7.95. The van der Waals surface area contributed by atoms with Crippen LogP contribution >= 0.6 is 0 Å². The van der Waals surface area contributed by atoms with E-state index in [0.29, 0.717) is 5.75 Å². The van der Waals surface area contributed by atoms with Crippen LogP contribution in [0.15, 0.2) is 48.5 Å². The molecule has 0 spiro atoms. The Morgan fingerprint density at radius 2 is 1.61 bits per heavy atom. The highest BCUT2D eigenvalue weighted by atomic mass is 16.5. The molecule has 0 radical (unpaired) electrons. The van der Waals surface area contributed by atoms with Crippen LogP contribution in [0.2, 0.25) is 0 Å². The van der Waals surface area contributed by atoms with Crippen molar-refractivity contribution in [1.82, 2.24) is 0 Å². The third kappa shape index (κ3) is 4.54. The first kappa shape index (κ1) is 21.7. The standard InChI is InChI=1S/C28H30O5/c29-26(30)8-3-18-1-4-22(5-2-18)23-6-7-25(33-17-27(31)32)24(14-23)28-10-9-19-11-20(15-28)13-21(12-19)16-28/h1-8,14,19-21H,9-13,15-17H2,(H,29,30)(H,31,32)/b8-3+. The van der Waals surface area contributed by atoms with E-state index in [1.807, 2.05) is 36.4 Å². The van der Waals surface area contributed by atoms with Crippen molar-refractivity contribution in [3.63, 3.8) is 0 Å². The number of aliphatic carboxylic acids is 2. The normalized spacial score (nSPS) is 28.1. The number of hydrogen-bond donors (Lipinski definition) is 2. The molecular weight excluding hydrogens is 416 g/mol. The highest BCUT2D eigenvalue weighted by Crippen LogP contribution is 2.59. The minimum atomic E-state index is -0.966. The topological polar surface area (TPSA) is 83.8 Å². The number of carbonyl (C=O) groups is 2. The molecule has 4 fully saturated rings. The molecule has 6 rings (SSSR count). The summed E-state index contributed by atoms with van der Waals surface area (Å²) in [6, 6.07) is 14.0. The SMILES string of the molecule is O=C(O)/C=C/c1ccc(-c2ccc(OCC(=O)O)c(C34CCC5CC(CC(C5)C3)C4)c2)cc1. The molecule has 2 N–H and O–H groups in total. The molecule has 0 saturated heterocycles. The van der Waals surface area contributed by atoms with Crippen LogP contribution < -0.4 is 4.74 Å². The molecule has 4 aliphatic rings. The molecule has 4 saturated carbocycles. The van der Waals surface area contributed by atoms with Crippen molar-refractivity contribution in [2.75, 3.05) is 6.61 Å². The molecule has 2 aromatic carbocycles. The Kier molecular flexibility index (Phi) is 5.73. The van der Waals surface area contributed by atoms with Crippen LogP contribution in [0.4, 0.5) is 0 Å². The van der Waals surface area contributed by atoms with Crippen molar-refractivity contribution < 1.29 is 24.5 Å². The molecule has 0 aliphatic heterocycles. The zero-order chi connectivity index (χ0) is 23.0. The number of carboxylic acid groups (broad SMARTS) is 2. The lowest BCUT2D eigenvalue weighted by Gasteiger charge is -2.46. The maximum absolute atomic E-state index is 11.2. The molecule has 2 aromatic rings. The van der Waals surface area contributed by atoms with Crippen molar-refractivity contribution in [2.45, 2.75) is 50.4 Å². The summed E-state index contributed by atoms with van der Waals surface area (Å²) < 4.78 is 5.83. The second kappa shape index (κ2) is 8.69. The van der Waals surface area contributed by atoms with Crippen molar-refractivity contribution >= 4 is 18.0 Å². The lowest BCUT2D eigenvalue weighted by atomic mass is 9.59. The monoisotopic (exact) mass is 446 g/mol. The maximum Gasteiger partial charge on any atom is 0.341 e. The fraction of sp³-hybridized carbons (Fsp3) is 0.429. The molecule has 33 heavy (non-hydrogen) atoms. The Labute approximate surface area is 194 Å². The van der Waals surface area contributed by atoms with Gasteiger partial charge in [0.05, 0.1) is 0 Å². The van der Waals surface area contributed by atoms with Gasteiger partial charge in [0.15, 0.2) is 6.61 Å². The highest BCUT2D eigenvalue weighted by molar-refractivity contribution is 5.85. The van der Waals surface area contributed by atoms with Gasteiger partial charge in [0.25, 0.3) is 0 Å². The Bertz CT molecular complexity index is 1070. The molecule has 2 atom stereocenters. The molecule has 5 nitrogen and oxygen atoms in total. The second-order valence-corrected chi connectivity index (χ2v) is 10.2. The van der Waals surface area contributed by atoms with Crippen LogP contribution in [0.25, 0.3) is 17.2 Å². The first-order chi connectivity index (χ1) is 15.9. The molecule has 4 bridgehead atoms. The van der Waals surface area contributed by atoms with Crippen molar-refractivity contribution in [2.24, 2.45) is 17.8 Å². The van der Waals surface area contributed by atoms with E-state index in [9.17, 15) is 14.7 Å². The van der Waals surface area contributed by atoms with E-state index in [0.717, 1.165) is 46.9 Å². The van der Waals surface area contributed by atoms with Crippen molar-refractivity contribution in [3.05, 3.63) is 59.7 Å². The molecule has 172 valence electrons. The zero-order valence-electron chi connectivity index (χ0n) is 18.7. The lowest BCUT2D eigenvalue weighted by molar-refractivity contribution is -0.139. The Balaban J connectivity index is 1.52. The summed E-state index contributed by atoms with van der Waals surface area (Å²) >= 11 is 0. The summed E-state index contributed by atoms with van der Waals surface area (Å²) in [7, 11) is 0. The summed E-state index contributed by atoms with van der Waals surface area (Å²) in [4.78, 5) is 22.0. The molecule has 0 amide bonds. The summed E-state index contributed by atoms with van der Waals surface area (Å²) in [6.07, 6.45) is 11.5. The van der Waals surface area contributed by atoms with Crippen molar-refractivity contribution in [3.8, 4) is 16.9 Å². The lowest BCUT2D eigenvalue weighted by Crippen LogP contribution is -2.37. The van der Waals surface area contributed by atoms with Gasteiger partial charge in [0.2, 0.25) is 0 Å². The van der Waals surface area contributed by atoms with Gasteiger partial charge in [-0.15, -0.1) is 0 Å². The van der Waals surface area contributed by atoms with E-state index in [1.165, 1.54) is 44.1 Å². The number of fused-ring (bicyclic) bond motifs is 1. The number of carboxylic acids is 2. The Morgan fingerprint density at radius 3 is 2.27 bits per heavy atom. The van der Waals surface area contributed by atoms with Crippen LogP contribution in [0.5, 0.6) is 5.75 Å². The van der Waals surface area contributed by atoms with Gasteiger partial charge in [0.1, 0.15) is 5.75 Å². The first-order valence-electron chi connectivity index (χ1n) is 11.9. The van der Waals surface area contributed by atoms with Crippen LogP contribution in [0.3, 0.4) is 0 Å². The van der Waals surface area contributed by atoms with Gasteiger partial charge >= 0.3 is 11.9 Å². The molecular formula is C28H30O5. The summed E-state index contributed by atoms with van der Waals surface area (Å²) in [5.74, 6) is 1.16. The van der Waals surface area contributed by atoms with E-state index in [-0.39, 0.29) is 12.0 Å². The van der Waals surface area contributed by atoms with Crippen molar-refractivity contribution in [1.29, 1.82) is 0 Å². The Morgan fingerprint density at radius 1 is 0.939 bits per heavy atom. The predicted octanol–water partition coefficient (Wildman–Crippen LogP) is 5.77. The molecule has 5 heteroatoms. The second-order valence-electron chi connectivity index (χ2n) is 10.2. The van der Waals surface area contributed by atoms with Crippen LogP contribution in [0, 0.1) is 17.8 Å². The third-order valence-electron chi connectivity index (χ3n) is 7.95. The van der Waals surface area contributed by atoms with Gasteiger partial charge in [0, 0.05) is 11.6 Å². The van der Waals surface area contributed by atoms with Gasteiger partial charge < -0.3 is 14.9 Å². The molecule has 4 aliphatic carbocycles. The van der Waals surface area contributed by atoms with E-state index in [1.54, 1.807) is 6.08 Å². The van der Waals surface area contributed by atoms with E-state index in [2.05, 4.69) is 6.07 Å². The fourth-order valence-corrected chi connectivity index (χ4v) is 6.84. The summed E-state index contributed by atoms with van der Waals surface area (Å²) in [5.41, 5.74) is 4.20. The minimum absolute atomic E-state index is 0.0623.